The Morgan fingerprint density at radius 3 is 2.48 bits per heavy atom. The predicted molar refractivity (Wildman–Crippen MR) is 88.3 cm³/mol. The number of primary amides is 1. The highest BCUT2D eigenvalue weighted by molar-refractivity contribution is 7.91. The Labute approximate surface area is 136 Å². The van der Waals surface area contributed by atoms with Crippen LogP contribution in [0.15, 0.2) is 53.4 Å². The summed E-state index contributed by atoms with van der Waals surface area (Å²) < 4.78 is 29.8. The topological polar surface area (TPSA) is 86.5 Å². The minimum Gasteiger partial charge on any atom is -0.493 e. The summed E-state index contributed by atoms with van der Waals surface area (Å²) in [4.78, 5) is 11.7. The molecule has 0 aliphatic rings. The van der Waals surface area contributed by atoms with E-state index in [2.05, 4.69) is 0 Å². The molecular formula is C17H19NO4S. The van der Waals surface area contributed by atoms with Gasteiger partial charge in [0.15, 0.2) is 9.84 Å². The van der Waals surface area contributed by atoms with Gasteiger partial charge in [0.2, 0.25) is 0 Å². The first-order valence-corrected chi connectivity index (χ1v) is 8.86. The smallest absolute Gasteiger partial charge is 0.252 e. The zero-order valence-corrected chi connectivity index (χ0v) is 13.7. The van der Waals surface area contributed by atoms with Crippen LogP contribution in [-0.4, -0.2) is 26.7 Å². The molecule has 0 saturated carbocycles. The first kappa shape index (κ1) is 17.0. The van der Waals surface area contributed by atoms with Crippen molar-refractivity contribution in [3.05, 3.63) is 59.7 Å². The van der Waals surface area contributed by atoms with Gasteiger partial charge in [0, 0.05) is 0 Å². The number of hydrogen-bond acceptors (Lipinski definition) is 4. The summed E-state index contributed by atoms with van der Waals surface area (Å²) in [6.07, 6.45) is 0.323. The largest absolute Gasteiger partial charge is 0.493 e. The number of amides is 1. The molecule has 0 aliphatic carbocycles. The van der Waals surface area contributed by atoms with E-state index in [0.717, 1.165) is 5.56 Å². The summed E-state index contributed by atoms with van der Waals surface area (Å²) in [6.45, 7) is 2.06. The van der Waals surface area contributed by atoms with Crippen LogP contribution >= 0.6 is 0 Å². The molecule has 2 aromatic rings. The van der Waals surface area contributed by atoms with Gasteiger partial charge in [0.1, 0.15) is 5.75 Å². The van der Waals surface area contributed by atoms with Gasteiger partial charge in [-0.1, -0.05) is 24.3 Å². The standard InChI is InChI=1S/C17H19NO4S/c1-13-8-9-15(17(18)19)16(12-13)22-10-5-11-23(20,21)14-6-3-2-4-7-14/h2-4,6-9,12H,5,10-11H2,1H3,(H2,18,19). The highest BCUT2D eigenvalue weighted by Crippen LogP contribution is 2.20. The number of nitrogens with two attached hydrogens (primary N) is 1. The highest BCUT2D eigenvalue weighted by atomic mass is 32.2. The van der Waals surface area contributed by atoms with Crippen molar-refractivity contribution in [1.82, 2.24) is 0 Å². The monoisotopic (exact) mass is 333 g/mol. The second kappa shape index (κ2) is 7.28. The summed E-state index contributed by atoms with van der Waals surface area (Å²) in [6, 6.07) is 13.4. The minimum atomic E-state index is -3.32. The molecule has 2 aromatic carbocycles. The van der Waals surface area contributed by atoms with Gasteiger partial charge in [0.25, 0.3) is 5.91 Å². The number of rotatable bonds is 7. The third-order valence-corrected chi connectivity index (χ3v) is 5.14. The SMILES string of the molecule is Cc1ccc(C(N)=O)c(OCCCS(=O)(=O)c2ccccc2)c1. The number of ether oxygens (including phenoxy) is 1. The first-order chi connectivity index (χ1) is 10.9. The van der Waals surface area contributed by atoms with Gasteiger partial charge in [-0.2, -0.15) is 0 Å². The Morgan fingerprint density at radius 2 is 1.83 bits per heavy atom. The third kappa shape index (κ3) is 4.56. The number of sulfone groups is 1. The molecule has 0 bridgehead atoms. The van der Waals surface area contributed by atoms with E-state index in [1.807, 2.05) is 6.92 Å². The Hall–Kier alpha value is -2.34. The van der Waals surface area contributed by atoms with Gasteiger partial charge in [-0.05, 0) is 43.2 Å². The second-order valence-corrected chi connectivity index (χ2v) is 7.31. The molecule has 0 unspecified atom stereocenters. The fourth-order valence-corrected chi connectivity index (χ4v) is 3.43. The fourth-order valence-electron chi connectivity index (χ4n) is 2.13. The lowest BCUT2D eigenvalue weighted by Gasteiger charge is -2.10. The number of benzene rings is 2. The Morgan fingerprint density at radius 1 is 1.13 bits per heavy atom. The molecule has 0 atom stereocenters. The summed E-state index contributed by atoms with van der Waals surface area (Å²) in [5.74, 6) is -0.208. The van der Waals surface area contributed by atoms with Crippen LogP contribution in [0, 0.1) is 6.92 Å². The Bertz CT molecular complexity index is 785. The van der Waals surface area contributed by atoms with Gasteiger partial charge < -0.3 is 10.5 Å². The van der Waals surface area contributed by atoms with Crippen molar-refractivity contribution in [1.29, 1.82) is 0 Å². The van der Waals surface area contributed by atoms with Crippen molar-refractivity contribution in [2.75, 3.05) is 12.4 Å². The molecular weight excluding hydrogens is 314 g/mol. The second-order valence-electron chi connectivity index (χ2n) is 5.20. The molecule has 0 fully saturated rings. The number of hydrogen-bond donors (Lipinski definition) is 1. The molecule has 0 radical (unpaired) electrons. The summed E-state index contributed by atoms with van der Waals surface area (Å²) in [7, 11) is -3.32. The van der Waals surface area contributed by atoms with Crippen LogP contribution in [-0.2, 0) is 9.84 Å². The van der Waals surface area contributed by atoms with Gasteiger partial charge in [-0.3, -0.25) is 4.79 Å². The van der Waals surface area contributed by atoms with Crippen LogP contribution in [0.5, 0.6) is 5.75 Å². The average Bonchev–Trinajstić information content (AvgIpc) is 2.52. The zero-order valence-electron chi connectivity index (χ0n) is 12.9. The van der Waals surface area contributed by atoms with Crippen molar-refractivity contribution >= 4 is 15.7 Å². The molecule has 0 aliphatic heterocycles. The summed E-state index contributed by atoms with van der Waals surface area (Å²) in [5.41, 5.74) is 6.52. The minimum absolute atomic E-state index is 0.0191. The maximum atomic E-state index is 12.1. The number of carbonyl (C=O) groups is 1. The van der Waals surface area contributed by atoms with E-state index in [1.54, 1.807) is 48.5 Å². The summed E-state index contributed by atoms with van der Waals surface area (Å²) >= 11 is 0. The molecule has 2 rings (SSSR count). The van der Waals surface area contributed by atoms with E-state index in [1.165, 1.54) is 0 Å². The van der Waals surface area contributed by atoms with E-state index >= 15 is 0 Å². The van der Waals surface area contributed by atoms with Crippen molar-refractivity contribution in [3.63, 3.8) is 0 Å². The van der Waals surface area contributed by atoms with E-state index in [-0.39, 0.29) is 12.4 Å². The van der Waals surface area contributed by atoms with Crippen LogP contribution < -0.4 is 10.5 Å². The quantitative estimate of drug-likeness (QED) is 0.788. The Kier molecular flexibility index (Phi) is 5.39. The zero-order chi connectivity index (χ0) is 16.9. The van der Waals surface area contributed by atoms with Gasteiger partial charge in [-0.15, -0.1) is 0 Å². The van der Waals surface area contributed by atoms with Crippen LogP contribution in [0.25, 0.3) is 0 Å². The van der Waals surface area contributed by atoms with Crippen LogP contribution in [0.4, 0.5) is 0 Å². The molecule has 0 saturated heterocycles. The molecule has 23 heavy (non-hydrogen) atoms. The lowest BCUT2D eigenvalue weighted by Crippen LogP contribution is -2.15. The van der Waals surface area contributed by atoms with E-state index in [0.29, 0.717) is 22.6 Å². The van der Waals surface area contributed by atoms with E-state index in [9.17, 15) is 13.2 Å². The molecule has 6 heteroatoms. The maximum absolute atomic E-state index is 12.1. The number of aryl methyl sites for hydroxylation is 1. The predicted octanol–water partition coefficient (Wildman–Crippen LogP) is 2.34. The fraction of sp³-hybridized carbons (Fsp3) is 0.235. The Balaban J connectivity index is 1.96. The normalized spacial score (nSPS) is 11.2. The molecule has 2 N–H and O–H groups in total. The lowest BCUT2D eigenvalue weighted by atomic mass is 10.1. The van der Waals surface area contributed by atoms with Crippen molar-refractivity contribution in [2.45, 2.75) is 18.2 Å². The molecule has 0 aromatic heterocycles. The highest BCUT2D eigenvalue weighted by Gasteiger charge is 2.14. The molecule has 5 nitrogen and oxygen atoms in total. The first-order valence-electron chi connectivity index (χ1n) is 7.21. The van der Waals surface area contributed by atoms with E-state index in [4.69, 9.17) is 10.5 Å². The van der Waals surface area contributed by atoms with Crippen molar-refractivity contribution < 1.29 is 17.9 Å². The van der Waals surface area contributed by atoms with Crippen molar-refractivity contribution in [2.24, 2.45) is 5.73 Å². The maximum Gasteiger partial charge on any atom is 0.252 e. The lowest BCUT2D eigenvalue weighted by molar-refractivity contribution is 0.0996. The number of carbonyl (C=O) groups excluding carboxylic acids is 1. The van der Waals surface area contributed by atoms with Gasteiger partial charge in [0.05, 0.1) is 22.8 Å². The van der Waals surface area contributed by atoms with E-state index < -0.39 is 15.7 Å². The third-order valence-electron chi connectivity index (χ3n) is 3.32. The van der Waals surface area contributed by atoms with Crippen molar-refractivity contribution in [3.8, 4) is 5.75 Å². The van der Waals surface area contributed by atoms with Gasteiger partial charge >= 0.3 is 0 Å². The van der Waals surface area contributed by atoms with Crippen LogP contribution in [0.2, 0.25) is 0 Å². The van der Waals surface area contributed by atoms with Crippen LogP contribution in [0.1, 0.15) is 22.3 Å². The van der Waals surface area contributed by atoms with Crippen LogP contribution in [0.3, 0.4) is 0 Å². The summed E-state index contributed by atoms with van der Waals surface area (Å²) in [5, 5.41) is 0. The molecule has 122 valence electrons. The molecule has 1 amide bonds. The van der Waals surface area contributed by atoms with Gasteiger partial charge in [-0.25, -0.2) is 8.42 Å². The molecule has 0 spiro atoms. The average molecular weight is 333 g/mol. The molecule has 0 heterocycles.